The van der Waals surface area contributed by atoms with Crippen LogP contribution in [0, 0.1) is 0 Å². The van der Waals surface area contributed by atoms with Crippen molar-refractivity contribution in [2.75, 3.05) is 0 Å². The fourth-order valence-electron chi connectivity index (χ4n) is 1.47. The first-order valence-electron chi connectivity index (χ1n) is 4.87. The molecule has 0 aliphatic heterocycles. The molecule has 2 heterocycles. The van der Waals surface area contributed by atoms with E-state index in [4.69, 9.17) is 5.73 Å². The third-order valence-corrected chi connectivity index (χ3v) is 5.16. The van der Waals surface area contributed by atoms with Crippen LogP contribution in [-0.2, 0) is 6.42 Å². The summed E-state index contributed by atoms with van der Waals surface area (Å²) in [5.74, 6) is 0. The Hall–Kier alpha value is 0.250. The third-order valence-electron chi connectivity index (χ3n) is 2.30. The Labute approximate surface area is 129 Å². The molecule has 0 radical (unpaired) electrons. The number of nitrogens with zero attached hydrogens (tertiary/aromatic N) is 1. The van der Waals surface area contributed by atoms with Gasteiger partial charge >= 0.3 is 0 Å². The van der Waals surface area contributed by atoms with Crippen LogP contribution in [-0.4, -0.2) is 4.98 Å². The van der Waals surface area contributed by atoms with E-state index in [2.05, 4.69) is 58.8 Å². The molecule has 2 N–H and O–H groups in total. The van der Waals surface area contributed by atoms with Gasteiger partial charge in [-0.2, -0.15) is 0 Å². The maximum Gasteiger partial charge on any atom is 0.0758 e. The number of aromatic nitrogens is 1. The third kappa shape index (κ3) is 3.61. The molecule has 2 aromatic heterocycles. The van der Waals surface area contributed by atoms with Crippen LogP contribution in [0.3, 0.4) is 0 Å². The largest absolute Gasteiger partial charge is 0.324 e. The SMILES string of the molecule is NC(Cc1ccc(Br)cn1)c1cc(Br)sc1Br. The molecular formula is C11H9Br3N2S. The van der Waals surface area contributed by atoms with Crippen LogP contribution >= 0.6 is 59.1 Å². The smallest absolute Gasteiger partial charge is 0.0758 e. The fourth-order valence-corrected chi connectivity index (χ4v) is 4.70. The minimum Gasteiger partial charge on any atom is -0.324 e. The molecule has 0 aromatic carbocycles. The van der Waals surface area contributed by atoms with Gasteiger partial charge in [-0.25, -0.2) is 0 Å². The average molecular weight is 441 g/mol. The quantitative estimate of drug-likeness (QED) is 0.753. The molecule has 0 amide bonds. The standard InChI is InChI=1S/C11H9Br3N2S/c12-6-1-2-7(16-5-6)3-9(15)8-4-10(13)17-11(8)14/h1-2,4-5,9H,3,15H2. The second-order valence-corrected chi connectivity index (χ2v) is 8.22. The summed E-state index contributed by atoms with van der Waals surface area (Å²) in [6, 6.07) is 5.98. The molecule has 1 atom stereocenters. The summed E-state index contributed by atoms with van der Waals surface area (Å²) in [5, 5.41) is 0. The van der Waals surface area contributed by atoms with Crippen LogP contribution < -0.4 is 5.73 Å². The Morgan fingerprint density at radius 1 is 1.29 bits per heavy atom. The fraction of sp³-hybridized carbons (Fsp3) is 0.182. The van der Waals surface area contributed by atoms with Crippen LogP contribution in [0.25, 0.3) is 0 Å². The van der Waals surface area contributed by atoms with Gasteiger partial charge in [0.05, 0.1) is 7.57 Å². The molecule has 0 saturated heterocycles. The zero-order valence-electron chi connectivity index (χ0n) is 8.66. The van der Waals surface area contributed by atoms with Crippen molar-refractivity contribution in [1.29, 1.82) is 0 Å². The van der Waals surface area contributed by atoms with Crippen LogP contribution in [0.4, 0.5) is 0 Å². The van der Waals surface area contributed by atoms with Crippen molar-refractivity contribution in [3.05, 3.63) is 47.7 Å². The number of pyridine rings is 1. The Bertz CT molecular complexity index is 510. The van der Waals surface area contributed by atoms with E-state index < -0.39 is 0 Å². The predicted octanol–water partition coefficient (Wildman–Crippen LogP) is 4.67. The molecule has 0 aliphatic rings. The van der Waals surface area contributed by atoms with Crippen LogP contribution in [0.2, 0.25) is 0 Å². The van der Waals surface area contributed by atoms with Crippen LogP contribution in [0.1, 0.15) is 17.3 Å². The monoisotopic (exact) mass is 438 g/mol. The van der Waals surface area contributed by atoms with Gasteiger partial charge in [0.2, 0.25) is 0 Å². The summed E-state index contributed by atoms with van der Waals surface area (Å²) in [5.41, 5.74) is 8.30. The van der Waals surface area contributed by atoms with Crippen molar-refractivity contribution in [2.45, 2.75) is 12.5 Å². The van der Waals surface area contributed by atoms with E-state index in [9.17, 15) is 0 Å². The van der Waals surface area contributed by atoms with Gasteiger partial charge in [-0.1, -0.05) is 0 Å². The van der Waals surface area contributed by atoms with Crippen LogP contribution in [0.15, 0.2) is 36.4 Å². The van der Waals surface area contributed by atoms with E-state index in [0.29, 0.717) is 0 Å². The molecule has 0 aliphatic carbocycles. The molecule has 90 valence electrons. The van der Waals surface area contributed by atoms with Gasteiger partial charge in [-0.15, -0.1) is 11.3 Å². The first-order valence-corrected chi connectivity index (χ1v) is 8.06. The minimum atomic E-state index is -0.0411. The Morgan fingerprint density at radius 2 is 2.06 bits per heavy atom. The van der Waals surface area contributed by atoms with Gasteiger partial charge in [-0.3, -0.25) is 4.98 Å². The summed E-state index contributed by atoms with van der Waals surface area (Å²) < 4.78 is 3.14. The molecular weight excluding hydrogens is 432 g/mol. The maximum absolute atomic E-state index is 6.18. The van der Waals surface area contributed by atoms with Crippen molar-refractivity contribution in [3.8, 4) is 0 Å². The summed E-state index contributed by atoms with van der Waals surface area (Å²) in [6.45, 7) is 0. The topological polar surface area (TPSA) is 38.9 Å². The van der Waals surface area contributed by atoms with Crippen molar-refractivity contribution in [2.24, 2.45) is 5.73 Å². The second-order valence-electron chi connectivity index (χ2n) is 3.56. The molecule has 2 rings (SSSR count). The van der Waals surface area contributed by atoms with Crippen molar-refractivity contribution in [3.63, 3.8) is 0 Å². The molecule has 2 aromatic rings. The van der Waals surface area contributed by atoms with E-state index in [1.807, 2.05) is 12.1 Å². The zero-order chi connectivity index (χ0) is 12.4. The second kappa shape index (κ2) is 5.93. The lowest BCUT2D eigenvalue weighted by molar-refractivity contribution is 0.706. The van der Waals surface area contributed by atoms with Gasteiger partial charge < -0.3 is 5.73 Å². The van der Waals surface area contributed by atoms with Gasteiger partial charge in [0, 0.05) is 28.8 Å². The van der Waals surface area contributed by atoms with Gasteiger partial charge in [0.25, 0.3) is 0 Å². The van der Waals surface area contributed by atoms with E-state index in [1.165, 1.54) is 0 Å². The number of nitrogens with two attached hydrogens (primary N) is 1. The molecule has 1 unspecified atom stereocenters. The molecule has 0 spiro atoms. The number of halogens is 3. The summed E-state index contributed by atoms with van der Waals surface area (Å²) in [4.78, 5) is 4.33. The molecule has 0 bridgehead atoms. The maximum atomic E-state index is 6.18. The van der Waals surface area contributed by atoms with E-state index in [1.54, 1.807) is 17.5 Å². The molecule has 17 heavy (non-hydrogen) atoms. The summed E-state index contributed by atoms with van der Waals surface area (Å²) >= 11 is 12.0. The Morgan fingerprint density at radius 3 is 2.59 bits per heavy atom. The lowest BCUT2D eigenvalue weighted by Crippen LogP contribution is -2.13. The highest BCUT2D eigenvalue weighted by molar-refractivity contribution is 9.12. The number of hydrogen-bond acceptors (Lipinski definition) is 3. The molecule has 6 heteroatoms. The normalized spacial score (nSPS) is 12.7. The van der Waals surface area contributed by atoms with Gasteiger partial charge in [0.15, 0.2) is 0 Å². The summed E-state index contributed by atoms with van der Waals surface area (Å²) in [6.07, 6.45) is 2.52. The highest BCUT2D eigenvalue weighted by Crippen LogP contribution is 2.35. The number of rotatable bonds is 3. The number of hydrogen-bond donors (Lipinski definition) is 1. The van der Waals surface area contributed by atoms with Gasteiger partial charge in [-0.05, 0) is 71.6 Å². The Balaban J connectivity index is 2.14. The molecule has 0 fully saturated rings. The van der Waals surface area contributed by atoms with Gasteiger partial charge in [0.1, 0.15) is 0 Å². The van der Waals surface area contributed by atoms with Crippen LogP contribution in [0.5, 0.6) is 0 Å². The van der Waals surface area contributed by atoms with Crippen molar-refractivity contribution in [1.82, 2.24) is 4.98 Å². The first-order chi connectivity index (χ1) is 8.06. The summed E-state index contributed by atoms with van der Waals surface area (Å²) in [7, 11) is 0. The number of thiophene rings is 1. The zero-order valence-corrected chi connectivity index (χ0v) is 14.2. The highest BCUT2D eigenvalue weighted by atomic mass is 79.9. The van der Waals surface area contributed by atoms with Crippen molar-refractivity contribution < 1.29 is 0 Å². The first kappa shape index (κ1) is 13.7. The minimum absolute atomic E-state index is 0.0411. The lowest BCUT2D eigenvalue weighted by Gasteiger charge is -2.10. The Kier molecular flexibility index (Phi) is 4.77. The van der Waals surface area contributed by atoms with Crippen molar-refractivity contribution >= 4 is 59.1 Å². The van der Waals surface area contributed by atoms with E-state index in [-0.39, 0.29) is 6.04 Å². The molecule has 0 saturated carbocycles. The average Bonchev–Trinajstić information content (AvgIpc) is 2.61. The predicted molar refractivity (Wildman–Crippen MR) is 82.3 cm³/mol. The van der Waals surface area contributed by atoms with E-state index in [0.717, 1.165) is 29.7 Å². The van der Waals surface area contributed by atoms with E-state index >= 15 is 0 Å². The molecule has 2 nitrogen and oxygen atoms in total. The lowest BCUT2D eigenvalue weighted by atomic mass is 10.1. The highest BCUT2D eigenvalue weighted by Gasteiger charge is 2.14.